The van der Waals surface area contributed by atoms with Crippen LogP contribution in [0.3, 0.4) is 0 Å². The molecule has 0 saturated heterocycles. The Balaban J connectivity index is 2.06. The van der Waals surface area contributed by atoms with Crippen LogP contribution in [0.2, 0.25) is 0 Å². The molecule has 0 aliphatic rings. The molecular weight excluding hydrogens is 284 g/mol. The number of rotatable bonds is 9. The number of hydrogen-bond acceptors (Lipinski definition) is 9. The summed E-state index contributed by atoms with van der Waals surface area (Å²) < 4.78 is 0. The van der Waals surface area contributed by atoms with Crippen LogP contribution in [0, 0.1) is 0 Å². The Morgan fingerprint density at radius 2 is 1.64 bits per heavy atom. The van der Waals surface area contributed by atoms with Crippen molar-refractivity contribution in [1.29, 1.82) is 0 Å². The highest BCUT2D eigenvalue weighted by atomic mass is 16.3. The molecule has 0 spiro atoms. The molecule has 0 aliphatic carbocycles. The van der Waals surface area contributed by atoms with Crippen LogP contribution in [0.1, 0.15) is 5.69 Å². The van der Waals surface area contributed by atoms with E-state index in [1.165, 1.54) is 0 Å². The lowest BCUT2D eigenvalue weighted by atomic mass is 10.3. The molecule has 2 rings (SSSR count). The van der Waals surface area contributed by atoms with Crippen LogP contribution in [0.15, 0.2) is 24.4 Å². The van der Waals surface area contributed by atoms with E-state index >= 15 is 0 Å². The second-order valence-electron chi connectivity index (χ2n) is 4.35. The number of nitrogens with one attached hydrogen (secondary N) is 3. The third kappa shape index (κ3) is 5.11. The second-order valence-corrected chi connectivity index (χ2v) is 4.35. The van der Waals surface area contributed by atoms with E-state index in [4.69, 9.17) is 10.8 Å². The van der Waals surface area contributed by atoms with E-state index in [0.29, 0.717) is 44.0 Å². The summed E-state index contributed by atoms with van der Waals surface area (Å²) in [5.74, 6) is 1.22. The molecule has 0 saturated carbocycles. The van der Waals surface area contributed by atoms with Gasteiger partial charge in [-0.15, -0.1) is 0 Å². The average molecular weight is 304 g/mol. The summed E-state index contributed by atoms with van der Waals surface area (Å²) in [5.41, 5.74) is 6.34. The first-order chi connectivity index (χ1) is 10.8. The van der Waals surface area contributed by atoms with Crippen molar-refractivity contribution in [3.63, 3.8) is 0 Å². The average Bonchev–Trinajstić information content (AvgIpc) is 2.57. The van der Waals surface area contributed by atoms with Crippen LogP contribution < -0.4 is 21.7 Å². The van der Waals surface area contributed by atoms with Crippen molar-refractivity contribution in [2.45, 2.75) is 6.54 Å². The molecule has 2 aromatic heterocycles. The van der Waals surface area contributed by atoms with Gasteiger partial charge in [-0.2, -0.15) is 15.0 Å². The molecule has 9 heteroatoms. The molecule has 0 aliphatic heterocycles. The number of aliphatic hydroxyl groups excluding tert-OH is 1. The minimum Gasteiger partial charge on any atom is -0.395 e. The first kappa shape index (κ1) is 15.9. The number of hydrogen-bond donors (Lipinski definition) is 5. The van der Waals surface area contributed by atoms with Gasteiger partial charge in [0.25, 0.3) is 0 Å². The molecule has 6 N–H and O–H groups in total. The van der Waals surface area contributed by atoms with E-state index in [2.05, 4.69) is 35.9 Å². The number of pyridine rings is 1. The van der Waals surface area contributed by atoms with Gasteiger partial charge in [0.1, 0.15) is 0 Å². The molecular formula is C13H20N8O. The van der Waals surface area contributed by atoms with Gasteiger partial charge in [-0.25, -0.2) is 0 Å². The SMILES string of the molecule is NCCNc1nc(NCCO)nc(NCc2ccccn2)n1. The van der Waals surface area contributed by atoms with Gasteiger partial charge in [0.05, 0.1) is 18.8 Å². The number of nitrogens with zero attached hydrogens (tertiary/aromatic N) is 4. The van der Waals surface area contributed by atoms with Gasteiger partial charge in [0, 0.05) is 25.8 Å². The maximum Gasteiger partial charge on any atom is 0.229 e. The molecule has 118 valence electrons. The topological polar surface area (TPSA) is 134 Å². The fourth-order valence-electron chi connectivity index (χ4n) is 1.64. The molecule has 0 aromatic carbocycles. The van der Waals surface area contributed by atoms with E-state index in [0.717, 1.165) is 5.69 Å². The predicted octanol–water partition coefficient (Wildman–Crippen LogP) is -0.347. The first-order valence-corrected chi connectivity index (χ1v) is 7.00. The minimum atomic E-state index is -0.00601. The van der Waals surface area contributed by atoms with Crippen LogP contribution in [0.5, 0.6) is 0 Å². The Morgan fingerprint density at radius 3 is 2.23 bits per heavy atom. The second kappa shape index (κ2) is 8.70. The van der Waals surface area contributed by atoms with E-state index in [1.54, 1.807) is 6.20 Å². The van der Waals surface area contributed by atoms with E-state index in [1.807, 2.05) is 18.2 Å². The van der Waals surface area contributed by atoms with Crippen LogP contribution in [-0.2, 0) is 6.54 Å². The zero-order valence-corrected chi connectivity index (χ0v) is 12.2. The van der Waals surface area contributed by atoms with Gasteiger partial charge in [0.15, 0.2) is 0 Å². The zero-order chi connectivity index (χ0) is 15.6. The Labute approximate surface area is 128 Å². The van der Waals surface area contributed by atoms with Crippen molar-refractivity contribution >= 4 is 17.8 Å². The summed E-state index contributed by atoms with van der Waals surface area (Å²) in [6.07, 6.45) is 1.73. The molecule has 0 amide bonds. The normalized spacial score (nSPS) is 10.3. The van der Waals surface area contributed by atoms with Gasteiger partial charge in [-0.1, -0.05) is 6.07 Å². The Hall–Kier alpha value is -2.52. The van der Waals surface area contributed by atoms with Gasteiger partial charge >= 0.3 is 0 Å². The lowest BCUT2D eigenvalue weighted by Gasteiger charge is -2.10. The first-order valence-electron chi connectivity index (χ1n) is 7.00. The van der Waals surface area contributed by atoms with Crippen molar-refractivity contribution in [1.82, 2.24) is 19.9 Å². The fourth-order valence-corrected chi connectivity index (χ4v) is 1.64. The highest BCUT2D eigenvalue weighted by Crippen LogP contribution is 2.10. The highest BCUT2D eigenvalue weighted by molar-refractivity contribution is 5.42. The van der Waals surface area contributed by atoms with Crippen molar-refractivity contribution in [2.75, 3.05) is 42.2 Å². The number of aliphatic hydroxyl groups is 1. The largest absolute Gasteiger partial charge is 0.395 e. The summed E-state index contributed by atoms with van der Waals surface area (Å²) >= 11 is 0. The number of aromatic nitrogens is 4. The van der Waals surface area contributed by atoms with Crippen LogP contribution in [0.25, 0.3) is 0 Å². The summed E-state index contributed by atoms with van der Waals surface area (Å²) in [6, 6.07) is 5.69. The maximum atomic E-state index is 8.87. The highest BCUT2D eigenvalue weighted by Gasteiger charge is 2.06. The molecule has 0 atom stereocenters. The quantitative estimate of drug-likeness (QED) is 0.421. The minimum absolute atomic E-state index is 0.00601. The lowest BCUT2D eigenvalue weighted by Crippen LogP contribution is -2.18. The molecule has 0 bridgehead atoms. The third-order valence-electron chi connectivity index (χ3n) is 2.61. The third-order valence-corrected chi connectivity index (χ3v) is 2.61. The van der Waals surface area contributed by atoms with Gasteiger partial charge in [-0.3, -0.25) is 4.98 Å². The molecule has 0 radical (unpaired) electrons. The zero-order valence-electron chi connectivity index (χ0n) is 12.2. The van der Waals surface area contributed by atoms with Gasteiger partial charge in [0.2, 0.25) is 17.8 Å². The number of nitrogens with two attached hydrogens (primary N) is 1. The standard InChI is InChI=1S/C13H20N8O/c14-4-6-16-11-19-12(17-7-8-22)21-13(20-11)18-9-10-3-1-2-5-15-10/h1-3,5,22H,4,6-9,14H2,(H3,16,17,18,19,20,21). The van der Waals surface area contributed by atoms with E-state index < -0.39 is 0 Å². The maximum absolute atomic E-state index is 8.87. The van der Waals surface area contributed by atoms with Crippen molar-refractivity contribution in [3.8, 4) is 0 Å². The molecule has 0 fully saturated rings. The Kier molecular flexibility index (Phi) is 6.27. The summed E-state index contributed by atoms with van der Waals surface area (Å²) in [6.45, 7) is 1.89. The van der Waals surface area contributed by atoms with Crippen molar-refractivity contribution < 1.29 is 5.11 Å². The van der Waals surface area contributed by atoms with Crippen LogP contribution in [-0.4, -0.2) is 51.3 Å². The van der Waals surface area contributed by atoms with E-state index in [9.17, 15) is 0 Å². The molecule has 2 aromatic rings. The summed E-state index contributed by atoms with van der Waals surface area (Å²) in [5, 5.41) is 17.9. The fraction of sp³-hybridized carbons (Fsp3) is 0.385. The van der Waals surface area contributed by atoms with Crippen LogP contribution in [0.4, 0.5) is 17.8 Å². The summed E-state index contributed by atoms with van der Waals surface area (Å²) in [4.78, 5) is 16.9. The molecule has 0 unspecified atom stereocenters. The Morgan fingerprint density at radius 1 is 0.955 bits per heavy atom. The monoisotopic (exact) mass is 304 g/mol. The molecule has 22 heavy (non-hydrogen) atoms. The van der Waals surface area contributed by atoms with Crippen molar-refractivity contribution in [2.24, 2.45) is 5.73 Å². The van der Waals surface area contributed by atoms with E-state index in [-0.39, 0.29) is 6.61 Å². The van der Waals surface area contributed by atoms with Gasteiger partial charge < -0.3 is 26.8 Å². The smallest absolute Gasteiger partial charge is 0.229 e. The predicted molar refractivity (Wildman–Crippen MR) is 84.5 cm³/mol. The molecule has 9 nitrogen and oxygen atoms in total. The van der Waals surface area contributed by atoms with Crippen molar-refractivity contribution in [3.05, 3.63) is 30.1 Å². The Bertz CT molecular complexity index is 539. The lowest BCUT2D eigenvalue weighted by molar-refractivity contribution is 0.311. The summed E-state index contributed by atoms with van der Waals surface area (Å²) in [7, 11) is 0. The number of anilines is 3. The van der Waals surface area contributed by atoms with Gasteiger partial charge in [-0.05, 0) is 12.1 Å². The van der Waals surface area contributed by atoms with Crippen LogP contribution >= 0.6 is 0 Å². The molecule has 2 heterocycles.